The van der Waals surface area contributed by atoms with Crippen molar-refractivity contribution >= 4 is 11.9 Å². The molecule has 1 amide bonds. The van der Waals surface area contributed by atoms with Crippen LogP contribution in [0.25, 0.3) is 0 Å². The lowest BCUT2D eigenvalue weighted by Gasteiger charge is -2.07. The third-order valence-corrected chi connectivity index (χ3v) is 3.92. The number of rotatable bonds is 9. The van der Waals surface area contributed by atoms with Crippen molar-refractivity contribution in [2.24, 2.45) is 7.05 Å². The summed E-state index contributed by atoms with van der Waals surface area (Å²) >= 11 is 0. The molecule has 0 aliphatic heterocycles. The van der Waals surface area contributed by atoms with Gasteiger partial charge < -0.3 is 15.2 Å². The Morgan fingerprint density at radius 3 is 2.54 bits per heavy atom. The van der Waals surface area contributed by atoms with Crippen LogP contribution >= 0.6 is 0 Å². The number of aliphatic carboxylic acids is 1. The van der Waals surface area contributed by atoms with Gasteiger partial charge >= 0.3 is 5.97 Å². The van der Waals surface area contributed by atoms with Gasteiger partial charge in [-0.15, -0.1) is 0 Å². The van der Waals surface area contributed by atoms with Gasteiger partial charge in [0, 0.05) is 25.7 Å². The van der Waals surface area contributed by atoms with Crippen LogP contribution in [-0.4, -0.2) is 33.4 Å². The van der Waals surface area contributed by atoms with E-state index in [0.717, 1.165) is 11.3 Å². The Kier molecular flexibility index (Phi) is 6.77. The van der Waals surface area contributed by atoms with Crippen LogP contribution in [0.15, 0.2) is 30.3 Å². The first kappa shape index (κ1) is 19.5. The standard InChI is InChI=1S/C19H25N3O4/c1-13(2)17-11-16(21-22(17)3)19(25)20-12-14-6-8-15(9-7-14)26-10-4-5-18(23)24/h6-9,11,13H,4-5,10,12H2,1-3H3,(H,20,25)(H,23,24). The lowest BCUT2D eigenvalue weighted by molar-refractivity contribution is -0.137. The molecule has 0 unspecified atom stereocenters. The van der Waals surface area contributed by atoms with E-state index in [1.54, 1.807) is 16.8 Å². The zero-order valence-electron chi connectivity index (χ0n) is 15.4. The monoisotopic (exact) mass is 359 g/mol. The summed E-state index contributed by atoms with van der Waals surface area (Å²) in [5.74, 6) is -0.0523. The number of carbonyl (C=O) groups is 2. The summed E-state index contributed by atoms with van der Waals surface area (Å²) in [6, 6.07) is 9.16. The van der Waals surface area contributed by atoms with E-state index in [1.165, 1.54) is 0 Å². The molecule has 2 aromatic rings. The van der Waals surface area contributed by atoms with Gasteiger partial charge in [0.25, 0.3) is 5.91 Å². The normalized spacial score (nSPS) is 10.8. The van der Waals surface area contributed by atoms with Gasteiger partial charge in [-0.05, 0) is 36.1 Å². The van der Waals surface area contributed by atoms with Crippen molar-refractivity contribution in [3.8, 4) is 5.75 Å². The number of nitrogens with one attached hydrogen (secondary N) is 1. The average molecular weight is 359 g/mol. The van der Waals surface area contributed by atoms with E-state index in [4.69, 9.17) is 9.84 Å². The predicted octanol–water partition coefficient (Wildman–Crippen LogP) is 2.72. The van der Waals surface area contributed by atoms with Gasteiger partial charge in [-0.1, -0.05) is 26.0 Å². The highest BCUT2D eigenvalue weighted by Gasteiger charge is 2.14. The van der Waals surface area contributed by atoms with Gasteiger partial charge in [-0.2, -0.15) is 5.10 Å². The first-order valence-corrected chi connectivity index (χ1v) is 8.62. The second-order valence-electron chi connectivity index (χ2n) is 6.41. The molecule has 7 nitrogen and oxygen atoms in total. The summed E-state index contributed by atoms with van der Waals surface area (Å²) < 4.78 is 7.21. The molecule has 7 heteroatoms. The molecule has 0 aliphatic rings. The number of amides is 1. The van der Waals surface area contributed by atoms with Crippen LogP contribution in [0, 0.1) is 0 Å². The number of carbonyl (C=O) groups excluding carboxylic acids is 1. The van der Waals surface area contributed by atoms with Crippen molar-refractivity contribution < 1.29 is 19.4 Å². The highest BCUT2D eigenvalue weighted by molar-refractivity contribution is 5.92. The third kappa shape index (κ3) is 5.61. The fraction of sp³-hybridized carbons (Fsp3) is 0.421. The lowest BCUT2D eigenvalue weighted by atomic mass is 10.1. The molecular weight excluding hydrogens is 334 g/mol. The van der Waals surface area contributed by atoms with Crippen molar-refractivity contribution in [2.75, 3.05) is 6.61 Å². The van der Waals surface area contributed by atoms with Gasteiger partial charge in [0.05, 0.1) is 6.61 Å². The van der Waals surface area contributed by atoms with Crippen LogP contribution in [0.2, 0.25) is 0 Å². The molecule has 26 heavy (non-hydrogen) atoms. The lowest BCUT2D eigenvalue weighted by Crippen LogP contribution is -2.23. The Bertz CT molecular complexity index is 751. The molecule has 0 aliphatic carbocycles. The fourth-order valence-electron chi connectivity index (χ4n) is 2.52. The number of benzene rings is 1. The molecule has 2 rings (SSSR count). The molecule has 0 radical (unpaired) electrons. The number of hydrogen-bond donors (Lipinski definition) is 2. The summed E-state index contributed by atoms with van der Waals surface area (Å²) in [6.45, 7) is 4.87. The first-order chi connectivity index (χ1) is 12.4. The fourth-order valence-corrected chi connectivity index (χ4v) is 2.52. The Hall–Kier alpha value is -2.83. The van der Waals surface area contributed by atoms with Gasteiger partial charge in [0.1, 0.15) is 11.4 Å². The quantitative estimate of drug-likeness (QED) is 0.672. The molecular formula is C19H25N3O4. The molecule has 2 N–H and O–H groups in total. The van der Waals surface area contributed by atoms with Crippen LogP contribution < -0.4 is 10.1 Å². The Labute approximate surface area is 153 Å². The molecule has 0 saturated heterocycles. The number of carboxylic acid groups (broad SMARTS) is 1. The molecule has 1 aromatic carbocycles. The third-order valence-electron chi connectivity index (χ3n) is 3.92. The number of aromatic nitrogens is 2. The molecule has 0 saturated carbocycles. The molecule has 140 valence electrons. The summed E-state index contributed by atoms with van der Waals surface area (Å²) in [6.07, 6.45) is 0.561. The van der Waals surface area contributed by atoms with E-state index in [-0.39, 0.29) is 12.3 Å². The summed E-state index contributed by atoms with van der Waals surface area (Å²) in [4.78, 5) is 22.7. The van der Waals surface area contributed by atoms with Crippen LogP contribution in [-0.2, 0) is 18.4 Å². The molecule has 0 bridgehead atoms. The molecule has 1 aromatic heterocycles. The zero-order valence-corrected chi connectivity index (χ0v) is 15.4. The minimum absolute atomic E-state index is 0.0934. The van der Waals surface area contributed by atoms with Crippen molar-refractivity contribution in [1.82, 2.24) is 15.1 Å². The van der Waals surface area contributed by atoms with Crippen molar-refractivity contribution in [3.05, 3.63) is 47.3 Å². The number of hydrogen-bond acceptors (Lipinski definition) is 4. The Balaban J connectivity index is 1.82. The summed E-state index contributed by atoms with van der Waals surface area (Å²) in [7, 11) is 1.83. The van der Waals surface area contributed by atoms with Gasteiger partial charge in [-0.25, -0.2) is 0 Å². The number of nitrogens with zero attached hydrogens (tertiary/aromatic N) is 2. The Morgan fingerprint density at radius 2 is 1.96 bits per heavy atom. The maximum Gasteiger partial charge on any atom is 0.303 e. The number of aryl methyl sites for hydroxylation is 1. The Morgan fingerprint density at radius 1 is 1.27 bits per heavy atom. The van der Waals surface area contributed by atoms with E-state index < -0.39 is 5.97 Å². The molecule has 1 heterocycles. The topological polar surface area (TPSA) is 93.4 Å². The van der Waals surface area contributed by atoms with E-state index in [2.05, 4.69) is 24.3 Å². The molecule has 0 spiro atoms. The van der Waals surface area contributed by atoms with Gasteiger partial charge in [0.15, 0.2) is 0 Å². The van der Waals surface area contributed by atoms with Gasteiger partial charge in [0.2, 0.25) is 0 Å². The number of ether oxygens (including phenoxy) is 1. The van der Waals surface area contributed by atoms with E-state index >= 15 is 0 Å². The van der Waals surface area contributed by atoms with E-state index in [0.29, 0.717) is 36.9 Å². The van der Waals surface area contributed by atoms with Crippen LogP contribution in [0.4, 0.5) is 0 Å². The summed E-state index contributed by atoms with van der Waals surface area (Å²) in [5.41, 5.74) is 2.37. The van der Waals surface area contributed by atoms with Crippen molar-refractivity contribution in [2.45, 2.75) is 39.2 Å². The van der Waals surface area contributed by atoms with Crippen LogP contribution in [0.5, 0.6) is 5.75 Å². The second-order valence-corrected chi connectivity index (χ2v) is 6.41. The van der Waals surface area contributed by atoms with Crippen molar-refractivity contribution in [3.63, 3.8) is 0 Å². The second kappa shape index (κ2) is 9.03. The number of carboxylic acids is 1. The van der Waals surface area contributed by atoms with Crippen LogP contribution in [0.1, 0.15) is 54.4 Å². The maximum absolute atomic E-state index is 12.2. The van der Waals surface area contributed by atoms with Crippen LogP contribution in [0.3, 0.4) is 0 Å². The largest absolute Gasteiger partial charge is 0.494 e. The maximum atomic E-state index is 12.2. The minimum Gasteiger partial charge on any atom is -0.494 e. The predicted molar refractivity (Wildman–Crippen MR) is 97.3 cm³/mol. The van der Waals surface area contributed by atoms with Gasteiger partial charge in [-0.3, -0.25) is 14.3 Å². The molecule has 0 atom stereocenters. The van der Waals surface area contributed by atoms with E-state index in [9.17, 15) is 9.59 Å². The summed E-state index contributed by atoms with van der Waals surface area (Å²) in [5, 5.41) is 15.7. The first-order valence-electron chi connectivity index (χ1n) is 8.62. The minimum atomic E-state index is -0.826. The smallest absolute Gasteiger partial charge is 0.303 e. The average Bonchev–Trinajstić information content (AvgIpc) is 2.99. The highest BCUT2D eigenvalue weighted by Crippen LogP contribution is 2.15. The zero-order chi connectivity index (χ0) is 19.1. The molecule has 0 fully saturated rings. The highest BCUT2D eigenvalue weighted by atomic mass is 16.5. The SMILES string of the molecule is CC(C)c1cc(C(=O)NCc2ccc(OCCCC(=O)O)cc2)nn1C. The van der Waals surface area contributed by atoms with E-state index in [1.807, 2.05) is 25.2 Å². The van der Waals surface area contributed by atoms with Crippen molar-refractivity contribution in [1.29, 1.82) is 0 Å².